The molecule has 0 saturated heterocycles. The molecule has 0 nitrogen and oxygen atoms in total. The van der Waals surface area contributed by atoms with Crippen molar-refractivity contribution >= 4 is 0 Å². The van der Waals surface area contributed by atoms with Crippen LogP contribution in [0.2, 0.25) is 0 Å². The van der Waals surface area contributed by atoms with Crippen molar-refractivity contribution in [3.05, 3.63) is 11.6 Å². The molecule has 0 N–H and O–H groups in total. The lowest BCUT2D eigenvalue weighted by Crippen LogP contribution is -2.20. The predicted octanol–water partition coefficient (Wildman–Crippen LogP) is 3.30. The molecule has 0 aromatic heterocycles. The maximum Gasteiger partial charge on any atom is 0.412 e. The van der Waals surface area contributed by atoms with E-state index in [1.807, 2.05) is 0 Å². The Balaban J connectivity index is 2.76. The smallest absolute Gasteiger partial charge is 0.166 e. The summed E-state index contributed by atoms with van der Waals surface area (Å²) in [4.78, 5) is 0. The summed E-state index contributed by atoms with van der Waals surface area (Å²) in [5, 5.41) is 0. The van der Waals surface area contributed by atoms with E-state index < -0.39 is 6.18 Å². The van der Waals surface area contributed by atoms with Crippen molar-refractivity contribution in [3.63, 3.8) is 0 Å². The maximum atomic E-state index is 12.1. The van der Waals surface area contributed by atoms with Crippen LogP contribution in [0.15, 0.2) is 11.6 Å². The van der Waals surface area contributed by atoms with E-state index >= 15 is 0 Å². The summed E-state index contributed by atoms with van der Waals surface area (Å²) in [5.74, 6) is -0.302. The fraction of sp³-hybridized carbons (Fsp3) is 0.750. The predicted molar refractivity (Wildman–Crippen MR) is 37.2 cm³/mol. The topological polar surface area (TPSA) is 0 Å². The summed E-state index contributed by atoms with van der Waals surface area (Å²) in [5.41, 5.74) is -0.330. The van der Waals surface area contributed by atoms with E-state index in [-0.39, 0.29) is 11.5 Å². The van der Waals surface area contributed by atoms with Gasteiger partial charge in [-0.2, -0.15) is 13.2 Å². The summed E-state index contributed by atoms with van der Waals surface area (Å²) >= 11 is 0. The van der Waals surface area contributed by atoms with Crippen molar-refractivity contribution in [1.82, 2.24) is 0 Å². The van der Waals surface area contributed by atoms with Gasteiger partial charge in [0.1, 0.15) is 0 Å². The van der Waals surface area contributed by atoms with Gasteiger partial charge in [0.25, 0.3) is 0 Å². The normalized spacial score (nSPS) is 26.5. The lowest BCUT2D eigenvalue weighted by Gasteiger charge is -2.22. The van der Waals surface area contributed by atoms with Crippen LogP contribution in [0.3, 0.4) is 0 Å². The summed E-state index contributed by atoms with van der Waals surface area (Å²) in [6.07, 6.45) is -0.626. The Hall–Kier alpha value is -0.470. The largest absolute Gasteiger partial charge is 0.412 e. The summed E-state index contributed by atoms with van der Waals surface area (Å²) < 4.78 is 36.4. The highest BCUT2D eigenvalue weighted by atomic mass is 19.4. The molecule has 0 heterocycles. The zero-order valence-corrected chi connectivity index (χ0v) is 6.41. The molecule has 0 aromatic carbocycles. The second kappa shape index (κ2) is 2.88. The third-order valence-electron chi connectivity index (χ3n) is 2.06. The highest BCUT2D eigenvalue weighted by Crippen LogP contribution is 2.36. The van der Waals surface area contributed by atoms with Crippen LogP contribution in [0.25, 0.3) is 0 Å². The van der Waals surface area contributed by atoms with Crippen LogP contribution in [-0.4, -0.2) is 6.18 Å². The molecule has 0 radical (unpaired) electrons. The van der Waals surface area contributed by atoms with Gasteiger partial charge in [0.15, 0.2) is 0 Å². The van der Waals surface area contributed by atoms with E-state index in [1.165, 1.54) is 6.08 Å². The van der Waals surface area contributed by atoms with Crippen molar-refractivity contribution in [2.45, 2.75) is 32.4 Å². The lowest BCUT2D eigenvalue weighted by molar-refractivity contribution is -0.0997. The minimum Gasteiger partial charge on any atom is -0.166 e. The molecule has 11 heavy (non-hydrogen) atoms. The first kappa shape index (κ1) is 8.62. The van der Waals surface area contributed by atoms with E-state index in [0.717, 1.165) is 6.42 Å². The van der Waals surface area contributed by atoms with Crippen molar-refractivity contribution < 1.29 is 13.2 Å². The second-order valence-electron chi connectivity index (χ2n) is 2.99. The molecule has 0 fully saturated rings. The van der Waals surface area contributed by atoms with Gasteiger partial charge in [-0.3, -0.25) is 0 Å². The molecule has 0 bridgehead atoms. The summed E-state index contributed by atoms with van der Waals surface area (Å²) in [6.45, 7) is 1.64. The van der Waals surface area contributed by atoms with Crippen molar-refractivity contribution in [3.8, 4) is 0 Å². The zero-order valence-electron chi connectivity index (χ0n) is 6.41. The van der Waals surface area contributed by atoms with Crippen molar-refractivity contribution in [1.29, 1.82) is 0 Å². The van der Waals surface area contributed by atoms with Crippen LogP contribution in [0.4, 0.5) is 13.2 Å². The van der Waals surface area contributed by atoms with Gasteiger partial charge in [0.2, 0.25) is 0 Å². The Bertz CT molecular complexity index is 167. The molecule has 0 aliphatic heterocycles. The first-order valence-electron chi connectivity index (χ1n) is 3.79. The molecule has 1 aliphatic rings. The first-order valence-corrected chi connectivity index (χ1v) is 3.79. The quantitative estimate of drug-likeness (QED) is 0.482. The Kier molecular flexibility index (Phi) is 2.25. The Labute approximate surface area is 64.1 Å². The van der Waals surface area contributed by atoms with Crippen LogP contribution in [0.5, 0.6) is 0 Å². The van der Waals surface area contributed by atoms with E-state index in [2.05, 4.69) is 0 Å². The van der Waals surface area contributed by atoms with Gasteiger partial charge >= 0.3 is 6.18 Å². The third-order valence-corrected chi connectivity index (χ3v) is 2.06. The molecule has 1 aliphatic carbocycles. The van der Waals surface area contributed by atoms with E-state index in [0.29, 0.717) is 12.8 Å². The van der Waals surface area contributed by atoms with Crippen LogP contribution in [0.1, 0.15) is 26.2 Å². The average Bonchev–Trinajstić information content (AvgIpc) is 1.86. The molecule has 0 spiro atoms. The fourth-order valence-electron chi connectivity index (χ4n) is 1.43. The van der Waals surface area contributed by atoms with Crippen LogP contribution < -0.4 is 0 Å². The van der Waals surface area contributed by atoms with E-state index in [1.54, 1.807) is 6.92 Å². The second-order valence-corrected chi connectivity index (χ2v) is 2.99. The van der Waals surface area contributed by atoms with Gasteiger partial charge in [0, 0.05) is 5.57 Å². The van der Waals surface area contributed by atoms with Crippen LogP contribution >= 0.6 is 0 Å². The molecule has 3 heteroatoms. The molecule has 1 unspecified atom stereocenters. The molecular weight excluding hydrogens is 153 g/mol. The highest BCUT2D eigenvalue weighted by Gasteiger charge is 2.37. The summed E-state index contributed by atoms with van der Waals surface area (Å²) in [7, 11) is 0. The third kappa shape index (κ3) is 1.98. The molecule has 0 amide bonds. The van der Waals surface area contributed by atoms with E-state index in [9.17, 15) is 13.2 Å². The number of allylic oxidation sites excluding steroid dienone is 2. The van der Waals surface area contributed by atoms with Crippen molar-refractivity contribution in [2.24, 2.45) is 5.92 Å². The Morgan fingerprint density at radius 1 is 1.45 bits per heavy atom. The highest BCUT2D eigenvalue weighted by molar-refractivity contribution is 5.14. The minimum atomic E-state index is -4.10. The number of hydrogen-bond acceptors (Lipinski definition) is 0. The summed E-state index contributed by atoms with van der Waals surface area (Å²) in [6, 6.07) is 0. The molecule has 1 atom stereocenters. The van der Waals surface area contributed by atoms with Gasteiger partial charge in [-0.15, -0.1) is 0 Å². The molecule has 0 aromatic rings. The van der Waals surface area contributed by atoms with Gasteiger partial charge in [-0.05, 0) is 25.2 Å². The van der Waals surface area contributed by atoms with Gasteiger partial charge in [-0.1, -0.05) is 13.0 Å². The number of halogens is 3. The maximum absolute atomic E-state index is 12.1. The Morgan fingerprint density at radius 2 is 2.09 bits per heavy atom. The van der Waals surface area contributed by atoms with Gasteiger partial charge in [-0.25, -0.2) is 0 Å². The van der Waals surface area contributed by atoms with Crippen molar-refractivity contribution in [2.75, 3.05) is 0 Å². The Morgan fingerprint density at radius 3 is 2.45 bits per heavy atom. The molecular formula is C8H11F3. The standard InChI is InChI=1S/C8H11F3/c1-6-4-2-3-5-7(6)8(9,10)11/h5-6H,2-4H2,1H3. The monoisotopic (exact) mass is 164 g/mol. The van der Waals surface area contributed by atoms with Crippen LogP contribution in [0, 0.1) is 5.92 Å². The first-order chi connectivity index (χ1) is 5.02. The zero-order chi connectivity index (χ0) is 8.48. The number of hydrogen-bond donors (Lipinski definition) is 0. The number of rotatable bonds is 0. The average molecular weight is 164 g/mol. The number of alkyl halides is 3. The van der Waals surface area contributed by atoms with Crippen LogP contribution in [-0.2, 0) is 0 Å². The van der Waals surface area contributed by atoms with Gasteiger partial charge < -0.3 is 0 Å². The lowest BCUT2D eigenvalue weighted by atomic mass is 9.89. The fourth-order valence-corrected chi connectivity index (χ4v) is 1.43. The SMILES string of the molecule is CC1CCCC=C1C(F)(F)F. The molecule has 64 valence electrons. The molecule has 0 saturated carbocycles. The van der Waals surface area contributed by atoms with E-state index in [4.69, 9.17) is 0 Å². The van der Waals surface area contributed by atoms with Gasteiger partial charge in [0.05, 0.1) is 0 Å². The molecule has 1 rings (SSSR count). The minimum absolute atomic E-state index is 0.302.